The average Bonchev–Trinajstić information content (AvgIpc) is 2.94. The number of aliphatic hydroxyl groups is 1. The highest BCUT2D eigenvalue weighted by Crippen LogP contribution is 2.11. The van der Waals surface area contributed by atoms with Gasteiger partial charge in [0.1, 0.15) is 24.2 Å². The summed E-state index contributed by atoms with van der Waals surface area (Å²) >= 11 is 0. The van der Waals surface area contributed by atoms with Gasteiger partial charge in [-0.1, -0.05) is 48.0 Å². The van der Waals surface area contributed by atoms with Crippen molar-refractivity contribution in [1.82, 2.24) is 26.6 Å². The first-order valence-corrected chi connectivity index (χ1v) is 14.9. The second kappa shape index (κ2) is 20.6. The van der Waals surface area contributed by atoms with Gasteiger partial charge in [-0.05, 0) is 50.0 Å². The standard InChI is InChI=1S/C28H54N8O7/c1-7-17(6)23(28(43)34-19(12-15(2)3)26(41)35-20(14-37)24(31)39)36-21(38)13-32-25(40)18(10-8-9-11-29)33-27(42)22(30)16(4)5/h15-20,22-23,37H,7-14,29-30H2,1-6H3,(H2,31,39)(H,32,40)(H,33,42)(H,34,43)(H,35,41)(H,36,38)/t17-,18-,19-,20-,22-,23-/m0/s1. The Hall–Kier alpha value is -3.30. The van der Waals surface area contributed by atoms with Crippen LogP contribution in [0.5, 0.6) is 0 Å². The molecule has 0 saturated carbocycles. The monoisotopic (exact) mass is 614 g/mol. The van der Waals surface area contributed by atoms with Gasteiger partial charge in [-0.2, -0.15) is 0 Å². The number of amides is 6. The van der Waals surface area contributed by atoms with Crippen molar-refractivity contribution in [1.29, 1.82) is 0 Å². The fraction of sp³-hybridized carbons (Fsp3) is 0.786. The van der Waals surface area contributed by atoms with E-state index in [0.29, 0.717) is 32.2 Å². The van der Waals surface area contributed by atoms with Crippen molar-refractivity contribution < 1.29 is 33.9 Å². The van der Waals surface area contributed by atoms with E-state index >= 15 is 0 Å². The van der Waals surface area contributed by atoms with E-state index in [0.717, 1.165) is 0 Å². The summed E-state index contributed by atoms with van der Waals surface area (Å²) in [7, 11) is 0. The third-order valence-corrected chi connectivity index (χ3v) is 7.02. The molecule has 43 heavy (non-hydrogen) atoms. The van der Waals surface area contributed by atoms with E-state index in [1.165, 1.54) is 0 Å². The maximum Gasteiger partial charge on any atom is 0.243 e. The Labute approximate surface area is 254 Å². The topological polar surface area (TPSA) is 261 Å². The SMILES string of the molecule is CC[C@H](C)[C@H](NC(=O)CNC(=O)[C@H](CCCCN)NC(=O)[C@@H](N)C(C)C)C(=O)N[C@@H](CC(C)C)C(=O)N[C@@H](CO)C(N)=O. The Bertz CT molecular complexity index is 931. The summed E-state index contributed by atoms with van der Waals surface area (Å²) in [5, 5.41) is 22.1. The van der Waals surface area contributed by atoms with Crippen LogP contribution in [-0.2, 0) is 28.8 Å². The van der Waals surface area contributed by atoms with Gasteiger partial charge in [-0.25, -0.2) is 0 Å². The molecule has 0 aliphatic carbocycles. The minimum absolute atomic E-state index is 0.0302. The van der Waals surface area contributed by atoms with Crippen molar-refractivity contribution in [3.05, 3.63) is 0 Å². The number of rotatable bonds is 21. The van der Waals surface area contributed by atoms with Crippen molar-refractivity contribution in [3.63, 3.8) is 0 Å². The van der Waals surface area contributed by atoms with Gasteiger partial charge >= 0.3 is 0 Å². The summed E-state index contributed by atoms with van der Waals surface area (Å²) < 4.78 is 0. The number of carbonyl (C=O) groups excluding carboxylic acids is 6. The molecule has 0 fully saturated rings. The van der Waals surface area contributed by atoms with E-state index in [-0.39, 0.29) is 24.2 Å². The lowest BCUT2D eigenvalue weighted by molar-refractivity contribution is -0.135. The summed E-state index contributed by atoms with van der Waals surface area (Å²) in [4.78, 5) is 75.8. The molecule has 0 aromatic carbocycles. The fourth-order valence-corrected chi connectivity index (χ4v) is 3.99. The number of carbonyl (C=O) groups is 6. The van der Waals surface area contributed by atoms with Crippen molar-refractivity contribution in [2.75, 3.05) is 19.7 Å². The Morgan fingerprint density at radius 3 is 1.84 bits per heavy atom. The van der Waals surface area contributed by atoms with Gasteiger partial charge in [0.25, 0.3) is 0 Å². The van der Waals surface area contributed by atoms with Crippen LogP contribution in [0.1, 0.15) is 73.6 Å². The maximum absolute atomic E-state index is 13.3. The van der Waals surface area contributed by atoms with Gasteiger partial charge in [-0.15, -0.1) is 0 Å². The zero-order valence-electron chi connectivity index (χ0n) is 26.4. The van der Waals surface area contributed by atoms with E-state index in [2.05, 4.69) is 26.6 Å². The predicted octanol–water partition coefficient (Wildman–Crippen LogP) is -2.28. The zero-order chi connectivity index (χ0) is 33.3. The molecule has 6 atom stereocenters. The smallest absolute Gasteiger partial charge is 0.243 e. The van der Waals surface area contributed by atoms with Crippen molar-refractivity contribution in [3.8, 4) is 0 Å². The molecule has 0 spiro atoms. The first-order chi connectivity index (χ1) is 20.1. The van der Waals surface area contributed by atoms with Crippen molar-refractivity contribution >= 4 is 35.4 Å². The Balaban J connectivity index is 5.54. The van der Waals surface area contributed by atoms with Crippen LogP contribution >= 0.6 is 0 Å². The molecule has 0 aromatic rings. The molecular weight excluding hydrogens is 560 g/mol. The highest BCUT2D eigenvalue weighted by molar-refractivity contribution is 5.95. The Morgan fingerprint density at radius 1 is 0.767 bits per heavy atom. The molecule has 12 N–H and O–H groups in total. The maximum atomic E-state index is 13.3. The van der Waals surface area contributed by atoms with Crippen LogP contribution < -0.4 is 43.8 Å². The molecule has 248 valence electrons. The minimum atomic E-state index is -1.32. The second-order valence-electron chi connectivity index (χ2n) is 11.6. The second-order valence-corrected chi connectivity index (χ2v) is 11.6. The molecule has 0 bridgehead atoms. The summed E-state index contributed by atoms with van der Waals surface area (Å²) in [6.45, 7) is 10.1. The first kappa shape index (κ1) is 39.7. The summed E-state index contributed by atoms with van der Waals surface area (Å²) in [5.74, 6) is -4.51. The first-order valence-electron chi connectivity index (χ1n) is 14.9. The van der Waals surface area contributed by atoms with Crippen LogP contribution in [0.3, 0.4) is 0 Å². The summed E-state index contributed by atoms with van der Waals surface area (Å²) in [6.07, 6.45) is 2.22. The largest absolute Gasteiger partial charge is 0.394 e. The summed E-state index contributed by atoms with van der Waals surface area (Å²) in [6, 6.07) is -5.18. The lowest BCUT2D eigenvalue weighted by Gasteiger charge is -2.28. The predicted molar refractivity (Wildman–Crippen MR) is 162 cm³/mol. The van der Waals surface area contributed by atoms with E-state index < -0.39 is 78.8 Å². The number of primary amides is 1. The van der Waals surface area contributed by atoms with Crippen molar-refractivity contribution in [2.45, 2.75) is 104 Å². The fourth-order valence-electron chi connectivity index (χ4n) is 3.99. The third-order valence-electron chi connectivity index (χ3n) is 7.02. The van der Waals surface area contributed by atoms with Gasteiger partial charge in [0.2, 0.25) is 35.4 Å². The Morgan fingerprint density at radius 2 is 1.35 bits per heavy atom. The molecule has 0 unspecified atom stereocenters. The van der Waals surface area contributed by atoms with Crippen LogP contribution in [0.4, 0.5) is 0 Å². The number of unbranched alkanes of at least 4 members (excludes halogenated alkanes) is 1. The normalized spacial score (nSPS) is 15.4. The lowest BCUT2D eigenvalue weighted by Crippen LogP contribution is -2.59. The van der Waals surface area contributed by atoms with Gasteiger partial charge in [0, 0.05) is 0 Å². The highest BCUT2D eigenvalue weighted by atomic mass is 16.3. The van der Waals surface area contributed by atoms with Crippen LogP contribution in [0.15, 0.2) is 0 Å². The van der Waals surface area contributed by atoms with Gasteiger partial charge in [-0.3, -0.25) is 28.8 Å². The number of hydrogen-bond acceptors (Lipinski definition) is 9. The van der Waals surface area contributed by atoms with Crippen LogP contribution in [0.25, 0.3) is 0 Å². The lowest BCUT2D eigenvalue weighted by atomic mass is 9.96. The van der Waals surface area contributed by atoms with Crippen LogP contribution in [-0.4, -0.2) is 90.5 Å². The number of nitrogens with one attached hydrogen (secondary N) is 5. The van der Waals surface area contributed by atoms with E-state index in [1.807, 2.05) is 20.8 Å². The van der Waals surface area contributed by atoms with E-state index in [9.17, 15) is 33.9 Å². The molecule has 0 heterocycles. The molecule has 6 amide bonds. The van der Waals surface area contributed by atoms with E-state index in [4.69, 9.17) is 17.2 Å². The van der Waals surface area contributed by atoms with Gasteiger partial charge in [0.15, 0.2) is 0 Å². The quantitative estimate of drug-likeness (QED) is 0.0630. The van der Waals surface area contributed by atoms with Crippen LogP contribution in [0, 0.1) is 17.8 Å². The molecular formula is C28H54N8O7. The number of aliphatic hydroxyl groups excluding tert-OH is 1. The summed E-state index contributed by atoms with van der Waals surface area (Å²) in [5.41, 5.74) is 16.7. The number of nitrogens with two attached hydrogens (primary N) is 3. The average molecular weight is 615 g/mol. The van der Waals surface area contributed by atoms with Crippen molar-refractivity contribution in [2.24, 2.45) is 35.0 Å². The molecule has 0 aliphatic heterocycles. The zero-order valence-corrected chi connectivity index (χ0v) is 26.4. The molecule has 15 heteroatoms. The molecule has 0 radical (unpaired) electrons. The minimum Gasteiger partial charge on any atom is -0.394 e. The number of hydrogen-bond donors (Lipinski definition) is 9. The molecule has 15 nitrogen and oxygen atoms in total. The van der Waals surface area contributed by atoms with Gasteiger partial charge < -0.3 is 48.9 Å². The van der Waals surface area contributed by atoms with Gasteiger partial charge in [0.05, 0.1) is 19.2 Å². The molecule has 0 saturated heterocycles. The third kappa shape index (κ3) is 15.1. The Kier molecular flexibility index (Phi) is 19.0. The molecule has 0 aromatic heterocycles. The highest BCUT2D eigenvalue weighted by Gasteiger charge is 2.32. The van der Waals surface area contributed by atoms with E-state index in [1.54, 1.807) is 20.8 Å². The van der Waals surface area contributed by atoms with Crippen LogP contribution in [0.2, 0.25) is 0 Å². The molecule has 0 rings (SSSR count). The molecule has 0 aliphatic rings.